The number of aliphatic hydroxyl groups is 1. The highest BCUT2D eigenvalue weighted by Gasteiger charge is 2.30. The van der Waals surface area contributed by atoms with Crippen LogP contribution in [-0.2, 0) is 7.05 Å². The van der Waals surface area contributed by atoms with Gasteiger partial charge < -0.3 is 10.0 Å². The van der Waals surface area contributed by atoms with Crippen molar-refractivity contribution >= 4 is 5.91 Å². The second-order valence-corrected chi connectivity index (χ2v) is 4.68. The summed E-state index contributed by atoms with van der Waals surface area (Å²) in [5.74, 6) is -0.0732. The first kappa shape index (κ1) is 12.1. The predicted octanol–water partition coefficient (Wildman–Crippen LogP) is 0.796. The van der Waals surface area contributed by atoms with E-state index in [1.165, 1.54) is 0 Å². The van der Waals surface area contributed by atoms with E-state index in [1.54, 1.807) is 35.9 Å². The van der Waals surface area contributed by atoms with E-state index < -0.39 is 6.10 Å². The van der Waals surface area contributed by atoms with E-state index in [4.69, 9.17) is 0 Å². The van der Waals surface area contributed by atoms with E-state index in [0.29, 0.717) is 5.69 Å². The number of aryl methyl sites for hydroxylation is 1. The molecule has 1 aromatic heterocycles. The Kier molecular flexibility index (Phi) is 3.47. The summed E-state index contributed by atoms with van der Waals surface area (Å²) >= 11 is 0. The van der Waals surface area contributed by atoms with E-state index >= 15 is 0 Å². The molecule has 1 aromatic rings. The molecule has 5 heteroatoms. The number of amides is 1. The highest BCUT2D eigenvalue weighted by atomic mass is 16.3. The van der Waals surface area contributed by atoms with Crippen LogP contribution in [0.4, 0.5) is 0 Å². The number of likely N-dealkylation sites (N-methyl/N-ethyl adjacent to an activating group) is 1. The van der Waals surface area contributed by atoms with Crippen molar-refractivity contribution in [2.24, 2.45) is 7.05 Å². The summed E-state index contributed by atoms with van der Waals surface area (Å²) in [6.07, 6.45) is 5.00. The lowest BCUT2D eigenvalue weighted by Crippen LogP contribution is -2.46. The highest BCUT2D eigenvalue weighted by molar-refractivity contribution is 5.92. The third-order valence-electron chi connectivity index (χ3n) is 3.55. The summed E-state index contributed by atoms with van der Waals surface area (Å²) in [6.45, 7) is 0. The molecule has 1 amide bonds. The second-order valence-electron chi connectivity index (χ2n) is 4.68. The first-order chi connectivity index (χ1) is 8.11. The third-order valence-corrected chi connectivity index (χ3v) is 3.55. The molecule has 2 rings (SSSR count). The summed E-state index contributed by atoms with van der Waals surface area (Å²) in [6, 6.07) is 1.64. The van der Waals surface area contributed by atoms with Crippen molar-refractivity contribution in [3.8, 4) is 0 Å². The lowest BCUT2D eigenvalue weighted by atomic mass is 9.91. The molecule has 5 nitrogen and oxygen atoms in total. The summed E-state index contributed by atoms with van der Waals surface area (Å²) in [7, 11) is 3.51. The Labute approximate surface area is 101 Å². The number of aliphatic hydroxyl groups excluding tert-OH is 1. The molecule has 1 N–H and O–H groups in total. The van der Waals surface area contributed by atoms with Crippen LogP contribution in [0.5, 0.6) is 0 Å². The van der Waals surface area contributed by atoms with Crippen molar-refractivity contribution < 1.29 is 9.90 Å². The van der Waals surface area contributed by atoms with Crippen LogP contribution < -0.4 is 0 Å². The number of nitrogens with zero attached hydrogens (tertiary/aromatic N) is 3. The molecular formula is C12H19N3O2. The molecular weight excluding hydrogens is 218 g/mol. The fraction of sp³-hybridized carbons (Fsp3) is 0.667. The van der Waals surface area contributed by atoms with Crippen LogP contribution in [0.15, 0.2) is 12.3 Å². The molecule has 17 heavy (non-hydrogen) atoms. The summed E-state index contributed by atoms with van der Waals surface area (Å²) in [4.78, 5) is 13.9. The number of carbonyl (C=O) groups is 1. The Hall–Kier alpha value is -1.36. The van der Waals surface area contributed by atoms with Crippen LogP contribution in [-0.4, -0.2) is 44.9 Å². The van der Waals surface area contributed by atoms with Crippen LogP contribution in [0.3, 0.4) is 0 Å². The van der Waals surface area contributed by atoms with Crippen molar-refractivity contribution in [1.82, 2.24) is 14.7 Å². The minimum absolute atomic E-state index is 0.0637. The van der Waals surface area contributed by atoms with Crippen LogP contribution in [0.1, 0.15) is 36.2 Å². The molecule has 0 saturated heterocycles. The zero-order valence-corrected chi connectivity index (χ0v) is 10.3. The minimum atomic E-state index is -0.397. The maximum Gasteiger partial charge on any atom is 0.272 e. The summed E-state index contributed by atoms with van der Waals surface area (Å²) < 4.78 is 1.56. The van der Waals surface area contributed by atoms with E-state index in [2.05, 4.69) is 5.10 Å². The monoisotopic (exact) mass is 237 g/mol. The smallest absolute Gasteiger partial charge is 0.272 e. The zero-order valence-electron chi connectivity index (χ0n) is 10.3. The molecule has 1 aliphatic rings. The molecule has 0 aliphatic heterocycles. The second kappa shape index (κ2) is 4.87. The van der Waals surface area contributed by atoms with Gasteiger partial charge in [-0.15, -0.1) is 0 Å². The maximum absolute atomic E-state index is 12.2. The minimum Gasteiger partial charge on any atom is -0.391 e. The van der Waals surface area contributed by atoms with Crippen molar-refractivity contribution in [3.05, 3.63) is 18.0 Å². The van der Waals surface area contributed by atoms with Gasteiger partial charge in [0.1, 0.15) is 5.69 Å². The van der Waals surface area contributed by atoms with Gasteiger partial charge in [-0.3, -0.25) is 9.48 Å². The fourth-order valence-electron chi connectivity index (χ4n) is 2.46. The lowest BCUT2D eigenvalue weighted by molar-refractivity contribution is 0.0261. The molecule has 1 heterocycles. The number of rotatable bonds is 2. The first-order valence-corrected chi connectivity index (χ1v) is 6.04. The Morgan fingerprint density at radius 2 is 2.24 bits per heavy atom. The topological polar surface area (TPSA) is 58.4 Å². The van der Waals surface area contributed by atoms with E-state index in [1.807, 2.05) is 0 Å². The van der Waals surface area contributed by atoms with Gasteiger partial charge in [0.2, 0.25) is 0 Å². The SMILES string of the molecule is CN(C(=O)c1ccnn1C)C1CCCCC1O. The molecule has 1 fully saturated rings. The van der Waals surface area contributed by atoms with Gasteiger partial charge in [-0.1, -0.05) is 12.8 Å². The fourth-order valence-corrected chi connectivity index (χ4v) is 2.46. The quantitative estimate of drug-likeness (QED) is 0.827. The average Bonchev–Trinajstić information content (AvgIpc) is 2.74. The van der Waals surface area contributed by atoms with Gasteiger partial charge in [-0.05, 0) is 18.9 Å². The maximum atomic E-state index is 12.2. The van der Waals surface area contributed by atoms with Crippen molar-refractivity contribution in [2.45, 2.75) is 37.8 Å². The Balaban J connectivity index is 2.11. The molecule has 2 unspecified atom stereocenters. The van der Waals surface area contributed by atoms with Gasteiger partial charge >= 0.3 is 0 Å². The van der Waals surface area contributed by atoms with Gasteiger partial charge in [0, 0.05) is 20.3 Å². The average molecular weight is 237 g/mol. The van der Waals surface area contributed by atoms with E-state index in [0.717, 1.165) is 25.7 Å². The number of hydrogen-bond acceptors (Lipinski definition) is 3. The first-order valence-electron chi connectivity index (χ1n) is 6.04. The Morgan fingerprint density at radius 1 is 1.53 bits per heavy atom. The third kappa shape index (κ3) is 2.34. The van der Waals surface area contributed by atoms with Gasteiger partial charge in [0.15, 0.2) is 0 Å². The van der Waals surface area contributed by atoms with Crippen LogP contribution in [0.2, 0.25) is 0 Å². The number of aromatic nitrogens is 2. The van der Waals surface area contributed by atoms with Crippen LogP contribution in [0.25, 0.3) is 0 Å². The molecule has 1 saturated carbocycles. The zero-order chi connectivity index (χ0) is 12.4. The summed E-state index contributed by atoms with van der Waals surface area (Å²) in [5, 5.41) is 13.9. The standard InChI is InChI=1S/C12H19N3O2/c1-14(9-5-3-4-6-11(9)16)12(17)10-7-8-13-15(10)2/h7-9,11,16H,3-6H2,1-2H3. The van der Waals surface area contributed by atoms with Crippen molar-refractivity contribution in [3.63, 3.8) is 0 Å². The van der Waals surface area contributed by atoms with Gasteiger partial charge in [0.05, 0.1) is 12.1 Å². The molecule has 0 spiro atoms. The lowest BCUT2D eigenvalue weighted by Gasteiger charge is -2.35. The molecule has 94 valence electrons. The molecule has 0 aromatic carbocycles. The molecule has 0 radical (unpaired) electrons. The Morgan fingerprint density at radius 3 is 2.82 bits per heavy atom. The van der Waals surface area contributed by atoms with E-state index in [9.17, 15) is 9.90 Å². The highest BCUT2D eigenvalue weighted by Crippen LogP contribution is 2.23. The Bertz CT molecular complexity index is 402. The van der Waals surface area contributed by atoms with E-state index in [-0.39, 0.29) is 11.9 Å². The number of hydrogen-bond donors (Lipinski definition) is 1. The van der Waals surface area contributed by atoms with Gasteiger partial charge in [-0.25, -0.2) is 0 Å². The van der Waals surface area contributed by atoms with Gasteiger partial charge in [-0.2, -0.15) is 5.10 Å². The van der Waals surface area contributed by atoms with Crippen molar-refractivity contribution in [1.29, 1.82) is 0 Å². The number of carbonyl (C=O) groups excluding carboxylic acids is 1. The normalized spacial score (nSPS) is 24.6. The molecule has 1 aliphatic carbocycles. The molecule has 2 atom stereocenters. The van der Waals surface area contributed by atoms with Crippen LogP contribution >= 0.6 is 0 Å². The van der Waals surface area contributed by atoms with Crippen molar-refractivity contribution in [2.75, 3.05) is 7.05 Å². The van der Waals surface area contributed by atoms with Gasteiger partial charge in [0.25, 0.3) is 5.91 Å². The largest absolute Gasteiger partial charge is 0.391 e. The van der Waals surface area contributed by atoms with Crippen LogP contribution in [0, 0.1) is 0 Å². The predicted molar refractivity (Wildman–Crippen MR) is 63.6 cm³/mol. The summed E-state index contributed by atoms with van der Waals surface area (Å²) in [5.41, 5.74) is 0.560. The molecule has 0 bridgehead atoms.